The van der Waals surface area contributed by atoms with Crippen molar-refractivity contribution in [2.24, 2.45) is 0 Å². The molecule has 32 heavy (non-hydrogen) atoms. The van der Waals surface area contributed by atoms with E-state index in [2.05, 4.69) is 4.98 Å². The van der Waals surface area contributed by atoms with Crippen molar-refractivity contribution in [1.29, 1.82) is 0 Å². The van der Waals surface area contributed by atoms with Gasteiger partial charge in [-0.15, -0.1) is 0 Å². The summed E-state index contributed by atoms with van der Waals surface area (Å²) in [6, 6.07) is 13.4. The Kier molecular flexibility index (Phi) is 5.77. The highest BCUT2D eigenvalue weighted by Crippen LogP contribution is 2.41. The summed E-state index contributed by atoms with van der Waals surface area (Å²) in [7, 11) is 0. The number of aliphatic hydroxyl groups excluding tert-OH is 1. The molecule has 1 aliphatic heterocycles. The number of fused-ring (bicyclic) bond motifs is 2. The number of carbonyl (C=O) groups excluding carboxylic acids is 1. The number of benzene rings is 1. The van der Waals surface area contributed by atoms with Gasteiger partial charge in [-0.1, -0.05) is 29.3 Å². The van der Waals surface area contributed by atoms with Crippen LogP contribution in [0.25, 0.3) is 5.57 Å². The zero-order valence-corrected chi connectivity index (χ0v) is 18.4. The quantitative estimate of drug-likeness (QED) is 0.635. The van der Waals surface area contributed by atoms with E-state index in [1.807, 2.05) is 47.4 Å². The minimum atomic E-state index is -0.633. The van der Waals surface area contributed by atoms with Crippen LogP contribution in [0.5, 0.6) is 0 Å². The third kappa shape index (κ3) is 4.06. The van der Waals surface area contributed by atoms with Crippen LogP contribution in [0, 0.1) is 0 Å². The molecule has 0 spiro atoms. The van der Waals surface area contributed by atoms with E-state index in [0.29, 0.717) is 31.0 Å². The summed E-state index contributed by atoms with van der Waals surface area (Å²) in [6.45, 7) is 1.35. The zero-order chi connectivity index (χ0) is 22.1. The summed E-state index contributed by atoms with van der Waals surface area (Å²) in [5.74, 6) is 0.141. The number of halogens is 1. The molecule has 1 fully saturated rings. The van der Waals surface area contributed by atoms with Gasteiger partial charge in [-0.2, -0.15) is 0 Å². The number of rotatable bonds is 2. The van der Waals surface area contributed by atoms with Crippen molar-refractivity contribution in [2.75, 3.05) is 13.1 Å². The number of aromatic nitrogens is 2. The fraction of sp³-hybridized carbons (Fsp3) is 0.269. The van der Waals surface area contributed by atoms with Crippen molar-refractivity contribution >= 4 is 23.1 Å². The fourth-order valence-electron chi connectivity index (χ4n) is 4.73. The van der Waals surface area contributed by atoms with Crippen molar-refractivity contribution in [3.05, 3.63) is 99.6 Å². The molecule has 1 aromatic carbocycles. The molecule has 1 saturated heterocycles. The lowest BCUT2D eigenvalue weighted by molar-refractivity contribution is -0.130. The van der Waals surface area contributed by atoms with E-state index in [9.17, 15) is 9.90 Å². The number of pyridine rings is 2. The maximum Gasteiger partial charge on any atom is 0.227 e. The molecular formula is C26H24ClN3O2. The second kappa shape index (κ2) is 8.85. The minimum Gasteiger partial charge on any atom is -0.388 e. The summed E-state index contributed by atoms with van der Waals surface area (Å²) in [6.07, 6.45) is 7.08. The smallest absolute Gasteiger partial charge is 0.227 e. The van der Waals surface area contributed by atoms with Crippen LogP contribution in [0.2, 0.25) is 5.02 Å². The molecule has 1 atom stereocenters. The predicted molar refractivity (Wildman–Crippen MR) is 124 cm³/mol. The van der Waals surface area contributed by atoms with Crippen molar-refractivity contribution in [3.8, 4) is 0 Å². The van der Waals surface area contributed by atoms with E-state index < -0.39 is 6.10 Å². The first-order valence-electron chi connectivity index (χ1n) is 10.9. The van der Waals surface area contributed by atoms with E-state index in [0.717, 1.165) is 46.4 Å². The van der Waals surface area contributed by atoms with Crippen LogP contribution in [0.1, 0.15) is 46.9 Å². The second-order valence-electron chi connectivity index (χ2n) is 8.35. The van der Waals surface area contributed by atoms with Gasteiger partial charge in [0.05, 0.1) is 18.2 Å². The van der Waals surface area contributed by atoms with Gasteiger partial charge in [0.1, 0.15) is 0 Å². The molecule has 3 aromatic rings. The van der Waals surface area contributed by atoms with Gasteiger partial charge in [0.15, 0.2) is 0 Å². The Bertz CT molecular complexity index is 1180. The summed E-state index contributed by atoms with van der Waals surface area (Å²) in [5, 5.41) is 11.5. The molecule has 3 heterocycles. The first kappa shape index (κ1) is 20.9. The van der Waals surface area contributed by atoms with Crippen LogP contribution in [0.15, 0.2) is 66.6 Å². The number of piperidine rings is 1. The first-order valence-corrected chi connectivity index (χ1v) is 11.3. The number of hydrogen-bond acceptors (Lipinski definition) is 4. The fourth-order valence-corrected chi connectivity index (χ4v) is 4.91. The summed E-state index contributed by atoms with van der Waals surface area (Å²) in [4.78, 5) is 23.5. The predicted octanol–water partition coefficient (Wildman–Crippen LogP) is 4.39. The number of aliphatic hydroxyl groups is 1. The molecule has 2 aliphatic rings. The second-order valence-corrected chi connectivity index (χ2v) is 8.79. The molecule has 1 unspecified atom stereocenters. The SMILES string of the molecule is O=C(Cc1ccncc1)N1CCC(=C2c3ccc(Cl)cc3C(O)Cc3cccnc32)CC1. The van der Waals surface area contributed by atoms with Gasteiger partial charge >= 0.3 is 0 Å². The molecule has 5 rings (SSSR count). The standard InChI is InChI=1S/C26H24ClN3O2/c27-20-3-4-21-22(16-20)23(31)15-19-2-1-9-29-26(19)25(21)18-7-12-30(13-8-18)24(32)14-17-5-10-28-11-6-17/h1-6,9-11,16,23,31H,7-8,12-15H2. The largest absolute Gasteiger partial charge is 0.388 e. The average molecular weight is 446 g/mol. The highest BCUT2D eigenvalue weighted by Gasteiger charge is 2.29. The maximum atomic E-state index is 12.8. The molecule has 2 aromatic heterocycles. The molecule has 6 heteroatoms. The number of carbonyl (C=O) groups is 1. The Morgan fingerprint density at radius 1 is 1.09 bits per heavy atom. The Morgan fingerprint density at radius 3 is 2.66 bits per heavy atom. The molecule has 0 radical (unpaired) electrons. The molecule has 1 aliphatic carbocycles. The lowest BCUT2D eigenvalue weighted by Gasteiger charge is -2.30. The number of nitrogens with zero attached hydrogens (tertiary/aromatic N) is 3. The van der Waals surface area contributed by atoms with Crippen LogP contribution in [-0.2, 0) is 17.6 Å². The topological polar surface area (TPSA) is 66.3 Å². The van der Waals surface area contributed by atoms with E-state index in [1.54, 1.807) is 18.6 Å². The van der Waals surface area contributed by atoms with Gasteiger partial charge in [0.25, 0.3) is 0 Å². The number of likely N-dealkylation sites (tertiary alicyclic amines) is 1. The zero-order valence-electron chi connectivity index (χ0n) is 17.7. The monoisotopic (exact) mass is 445 g/mol. The van der Waals surface area contributed by atoms with Crippen LogP contribution in [0.3, 0.4) is 0 Å². The number of amides is 1. The van der Waals surface area contributed by atoms with Gasteiger partial charge in [-0.05, 0) is 65.4 Å². The van der Waals surface area contributed by atoms with Gasteiger partial charge in [0, 0.05) is 48.7 Å². The van der Waals surface area contributed by atoms with Crippen LogP contribution >= 0.6 is 11.6 Å². The third-order valence-corrected chi connectivity index (χ3v) is 6.60. The van der Waals surface area contributed by atoms with E-state index in [1.165, 1.54) is 5.57 Å². The summed E-state index contributed by atoms with van der Waals surface area (Å²) >= 11 is 6.27. The molecule has 5 nitrogen and oxygen atoms in total. The van der Waals surface area contributed by atoms with Crippen molar-refractivity contribution in [2.45, 2.75) is 31.8 Å². The molecule has 1 N–H and O–H groups in total. The maximum absolute atomic E-state index is 12.8. The highest BCUT2D eigenvalue weighted by atomic mass is 35.5. The first-order chi connectivity index (χ1) is 15.6. The van der Waals surface area contributed by atoms with E-state index in [4.69, 9.17) is 16.6 Å². The normalized spacial score (nSPS) is 18.1. The van der Waals surface area contributed by atoms with Crippen molar-refractivity contribution in [3.63, 3.8) is 0 Å². The van der Waals surface area contributed by atoms with Crippen LogP contribution in [-0.4, -0.2) is 39.0 Å². The van der Waals surface area contributed by atoms with E-state index >= 15 is 0 Å². The molecule has 0 bridgehead atoms. The Morgan fingerprint density at radius 2 is 1.88 bits per heavy atom. The van der Waals surface area contributed by atoms with Gasteiger partial charge < -0.3 is 10.0 Å². The molecule has 1 amide bonds. The van der Waals surface area contributed by atoms with Gasteiger partial charge in [0.2, 0.25) is 5.91 Å². The Labute approximate surface area is 192 Å². The van der Waals surface area contributed by atoms with Crippen molar-refractivity contribution in [1.82, 2.24) is 14.9 Å². The minimum absolute atomic E-state index is 0.141. The number of hydrogen-bond donors (Lipinski definition) is 1. The lowest BCUT2D eigenvalue weighted by atomic mass is 9.88. The molecule has 162 valence electrons. The average Bonchev–Trinajstić information content (AvgIpc) is 2.93. The Balaban J connectivity index is 1.47. The van der Waals surface area contributed by atoms with Crippen LogP contribution in [0.4, 0.5) is 0 Å². The lowest BCUT2D eigenvalue weighted by Crippen LogP contribution is -2.37. The van der Waals surface area contributed by atoms with Crippen LogP contribution < -0.4 is 0 Å². The summed E-state index contributed by atoms with van der Waals surface area (Å²) < 4.78 is 0. The molecular weight excluding hydrogens is 422 g/mol. The summed E-state index contributed by atoms with van der Waals surface area (Å²) in [5.41, 5.74) is 7.14. The van der Waals surface area contributed by atoms with E-state index in [-0.39, 0.29) is 5.91 Å². The van der Waals surface area contributed by atoms with Crippen molar-refractivity contribution < 1.29 is 9.90 Å². The third-order valence-electron chi connectivity index (χ3n) is 6.36. The van der Waals surface area contributed by atoms with Gasteiger partial charge in [-0.25, -0.2) is 0 Å². The highest BCUT2D eigenvalue weighted by molar-refractivity contribution is 6.30. The molecule has 0 saturated carbocycles. The Hall–Kier alpha value is -3.02. The van der Waals surface area contributed by atoms with Gasteiger partial charge in [-0.3, -0.25) is 14.8 Å².